The lowest BCUT2D eigenvalue weighted by atomic mass is 10.2. The zero-order valence-corrected chi connectivity index (χ0v) is 8.93. The fourth-order valence-electron chi connectivity index (χ4n) is 1.35. The van der Waals surface area contributed by atoms with Gasteiger partial charge in [-0.25, -0.2) is 4.98 Å². The highest BCUT2D eigenvalue weighted by atomic mass is 35.5. The molecule has 0 bridgehead atoms. The maximum Gasteiger partial charge on any atom is 0.145 e. The van der Waals surface area contributed by atoms with Gasteiger partial charge in [-0.15, -0.1) is 0 Å². The predicted octanol–water partition coefficient (Wildman–Crippen LogP) is 2.08. The lowest BCUT2D eigenvalue weighted by molar-refractivity contribution is 0.998. The molecule has 3 N–H and O–H groups in total. The molecule has 0 radical (unpaired) electrons. The number of hydrogen-bond donors (Lipinski definition) is 2. The number of pyridine rings is 1. The Hall–Kier alpha value is -0.800. The van der Waals surface area contributed by atoms with Crippen molar-refractivity contribution in [2.24, 2.45) is 5.73 Å². The van der Waals surface area contributed by atoms with Crippen molar-refractivity contribution in [1.29, 1.82) is 0 Å². The first-order valence-electron chi connectivity index (χ1n) is 4.83. The van der Waals surface area contributed by atoms with Crippen LogP contribution in [0.25, 0.3) is 0 Å². The van der Waals surface area contributed by atoms with Crippen LogP contribution in [0.15, 0.2) is 6.07 Å². The van der Waals surface area contributed by atoms with Gasteiger partial charge in [-0.05, 0) is 31.4 Å². The van der Waals surface area contributed by atoms with Gasteiger partial charge >= 0.3 is 0 Å². The number of anilines is 1. The quantitative estimate of drug-likeness (QED) is 0.805. The molecule has 0 saturated heterocycles. The van der Waals surface area contributed by atoms with Gasteiger partial charge in [0.25, 0.3) is 0 Å². The van der Waals surface area contributed by atoms with Crippen LogP contribution >= 0.6 is 11.6 Å². The molecule has 1 fully saturated rings. The maximum absolute atomic E-state index is 6.07. The summed E-state index contributed by atoms with van der Waals surface area (Å²) < 4.78 is 0. The first-order chi connectivity index (χ1) is 6.70. The summed E-state index contributed by atoms with van der Waals surface area (Å²) in [5, 5.41) is 3.96. The second-order valence-electron chi connectivity index (χ2n) is 3.69. The van der Waals surface area contributed by atoms with E-state index in [1.54, 1.807) is 0 Å². The molecule has 0 aromatic carbocycles. The lowest BCUT2D eigenvalue weighted by Gasteiger charge is -2.09. The third kappa shape index (κ3) is 1.99. The van der Waals surface area contributed by atoms with E-state index in [2.05, 4.69) is 10.3 Å². The standard InChI is InChI=1S/C10H14ClN3/c1-6-7(5-12)4-9(11)10(13-6)14-8-2-3-8/h4,8H,2-3,5,12H2,1H3,(H,13,14). The number of nitrogens with two attached hydrogens (primary N) is 1. The van der Waals surface area contributed by atoms with Crippen LogP contribution in [0.1, 0.15) is 24.1 Å². The minimum Gasteiger partial charge on any atom is -0.366 e. The molecule has 0 unspecified atom stereocenters. The second kappa shape index (κ2) is 3.75. The highest BCUT2D eigenvalue weighted by Crippen LogP contribution is 2.29. The Morgan fingerprint density at radius 1 is 1.64 bits per heavy atom. The largest absolute Gasteiger partial charge is 0.366 e. The van der Waals surface area contributed by atoms with Crippen molar-refractivity contribution in [3.8, 4) is 0 Å². The molecule has 4 heteroatoms. The highest BCUT2D eigenvalue weighted by Gasteiger charge is 2.22. The molecule has 1 saturated carbocycles. The van der Waals surface area contributed by atoms with Crippen LogP contribution in [0.5, 0.6) is 0 Å². The van der Waals surface area contributed by atoms with E-state index in [1.807, 2.05) is 13.0 Å². The number of hydrogen-bond acceptors (Lipinski definition) is 3. The average Bonchev–Trinajstić information content (AvgIpc) is 2.94. The van der Waals surface area contributed by atoms with Crippen LogP contribution < -0.4 is 11.1 Å². The predicted molar refractivity (Wildman–Crippen MR) is 58.5 cm³/mol. The Kier molecular flexibility index (Phi) is 2.61. The van der Waals surface area contributed by atoms with Crippen molar-refractivity contribution in [2.45, 2.75) is 32.4 Å². The molecule has 1 aromatic heterocycles. The van der Waals surface area contributed by atoms with Gasteiger partial charge < -0.3 is 11.1 Å². The minimum atomic E-state index is 0.488. The van der Waals surface area contributed by atoms with Crippen molar-refractivity contribution in [1.82, 2.24) is 4.98 Å². The zero-order valence-electron chi connectivity index (χ0n) is 8.18. The first-order valence-corrected chi connectivity index (χ1v) is 5.21. The number of halogens is 1. The fraction of sp³-hybridized carbons (Fsp3) is 0.500. The summed E-state index contributed by atoms with van der Waals surface area (Å²) in [6.07, 6.45) is 2.44. The van der Waals surface area contributed by atoms with E-state index in [9.17, 15) is 0 Å². The van der Waals surface area contributed by atoms with Gasteiger partial charge in [0, 0.05) is 18.3 Å². The topological polar surface area (TPSA) is 50.9 Å². The number of rotatable bonds is 3. The molecule has 1 aromatic rings. The van der Waals surface area contributed by atoms with E-state index in [1.165, 1.54) is 12.8 Å². The Balaban J connectivity index is 2.26. The van der Waals surface area contributed by atoms with Gasteiger partial charge in [-0.3, -0.25) is 0 Å². The molecule has 76 valence electrons. The summed E-state index contributed by atoms with van der Waals surface area (Å²) in [4.78, 5) is 4.40. The van der Waals surface area contributed by atoms with Crippen LogP contribution in [0.3, 0.4) is 0 Å². The molecule has 3 nitrogen and oxygen atoms in total. The smallest absolute Gasteiger partial charge is 0.145 e. The first kappa shape index (κ1) is 9.74. The summed E-state index contributed by atoms with van der Waals surface area (Å²) in [7, 11) is 0. The van der Waals surface area contributed by atoms with Gasteiger partial charge in [0.15, 0.2) is 0 Å². The Bertz CT molecular complexity index is 347. The summed E-state index contributed by atoms with van der Waals surface area (Å²) in [6.45, 7) is 2.44. The Morgan fingerprint density at radius 2 is 2.36 bits per heavy atom. The van der Waals surface area contributed by atoms with Crippen molar-refractivity contribution < 1.29 is 0 Å². The third-order valence-corrected chi connectivity index (χ3v) is 2.70. The van der Waals surface area contributed by atoms with Crippen LogP contribution in [-0.4, -0.2) is 11.0 Å². The molecule has 1 aliphatic carbocycles. The normalized spacial score (nSPS) is 15.6. The number of nitrogens with zero attached hydrogens (tertiary/aromatic N) is 1. The van der Waals surface area contributed by atoms with Crippen molar-refractivity contribution >= 4 is 17.4 Å². The second-order valence-corrected chi connectivity index (χ2v) is 4.09. The Labute approximate surface area is 88.7 Å². The third-order valence-electron chi connectivity index (χ3n) is 2.41. The zero-order chi connectivity index (χ0) is 10.1. The van der Waals surface area contributed by atoms with Gasteiger partial charge in [-0.2, -0.15) is 0 Å². The van der Waals surface area contributed by atoms with E-state index in [0.717, 1.165) is 17.1 Å². The van der Waals surface area contributed by atoms with Crippen molar-refractivity contribution in [3.05, 3.63) is 22.3 Å². The minimum absolute atomic E-state index is 0.488. The molecule has 0 amide bonds. The van der Waals surface area contributed by atoms with E-state index >= 15 is 0 Å². The highest BCUT2D eigenvalue weighted by molar-refractivity contribution is 6.33. The van der Waals surface area contributed by atoms with Crippen molar-refractivity contribution in [3.63, 3.8) is 0 Å². The van der Waals surface area contributed by atoms with Crippen LogP contribution in [0, 0.1) is 6.92 Å². The molecule has 0 atom stereocenters. The molecule has 1 heterocycles. The van der Waals surface area contributed by atoms with Crippen LogP contribution in [0.4, 0.5) is 5.82 Å². The van der Waals surface area contributed by atoms with E-state index in [4.69, 9.17) is 17.3 Å². The fourth-order valence-corrected chi connectivity index (χ4v) is 1.58. The van der Waals surface area contributed by atoms with E-state index in [-0.39, 0.29) is 0 Å². The van der Waals surface area contributed by atoms with Gasteiger partial charge in [0.2, 0.25) is 0 Å². The summed E-state index contributed by atoms with van der Waals surface area (Å²) in [5.74, 6) is 0.795. The molecule has 1 aliphatic rings. The van der Waals surface area contributed by atoms with Gasteiger partial charge in [-0.1, -0.05) is 11.6 Å². The molecule has 14 heavy (non-hydrogen) atoms. The number of aryl methyl sites for hydroxylation is 1. The average molecular weight is 212 g/mol. The molecular weight excluding hydrogens is 198 g/mol. The van der Waals surface area contributed by atoms with Crippen molar-refractivity contribution in [2.75, 3.05) is 5.32 Å². The van der Waals surface area contributed by atoms with Gasteiger partial charge in [0.1, 0.15) is 5.82 Å². The van der Waals surface area contributed by atoms with E-state index in [0.29, 0.717) is 17.6 Å². The molecule has 0 aliphatic heterocycles. The molecule has 0 spiro atoms. The number of nitrogens with one attached hydrogen (secondary N) is 1. The summed E-state index contributed by atoms with van der Waals surface area (Å²) in [6, 6.07) is 2.47. The van der Waals surface area contributed by atoms with Gasteiger partial charge in [0.05, 0.1) is 5.02 Å². The summed E-state index contributed by atoms with van der Waals surface area (Å²) in [5.41, 5.74) is 7.53. The van der Waals surface area contributed by atoms with Crippen LogP contribution in [0.2, 0.25) is 5.02 Å². The molecular formula is C10H14ClN3. The lowest BCUT2D eigenvalue weighted by Crippen LogP contribution is -2.07. The number of aromatic nitrogens is 1. The summed E-state index contributed by atoms with van der Waals surface area (Å²) >= 11 is 6.07. The molecule has 2 rings (SSSR count). The van der Waals surface area contributed by atoms with E-state index < -0.39 is 0 Å². The Morgan fingerprint density at radius 3 is 2.93 bits per heavy atom. The monoisotopic (exact) mass is 211 g/mol. The van der Waals surface area contributed by atoms with Crippen LogP contribution in [-0.2, 0) is 6.54 Å². The maximum atomic E-state index is 6.07. The SMILES string of the molecule is Cc1nc(NC2CC2)c(Cl)cc1CN.